The predicted octanol–water partition coefficient (Wildman–Crippen LogP) is 0.508. The number of ether oxygens (including phenoxy) is 1. The average Bonchev–Trinajstić information content (AvgIpc) is 2.76. The van der Waals surface area contributed by atoms with Crippen LogP contribution in [0, 0.1) is 0 Å². The summed E-state index contributed by atoms with van der Waals surface area (Å²) in [4.78, 5) is 1.45. The fourth-order valence-corrected chi connectivity index (χ4v) is 1.46. The van der Waals surface area contributed by atoms with Crippen LogP contribution >= 0.6 is 0 Å². The van der Waals surface area contributed by atoms with Gasteiger partial charge in [-0.1, -0.05) is 12.1 Å². The molecule has 6 nitrogen and oxygen atoms in total. The summed E-state index contributed by atoms with van der Waals surface area (Å²) in [6.07, 6.45) is 0. The number of nitrogens with one attached hydrogen (secondary N) is 1. The minimum atomic E-state index is 0.611. The molecule has 90 valence electrons. The number of hydrogen-bond acceptors (Lipinski definition) is 5. The van der Waals surface area contributed by atoms with Gasteiger partial charge in [0.15, 0.2) is 5.82 Å². The predicted molar refractivity (Wildman–Crippen MR) is 62.3 cm³/mol. The first kappa shape index (κ1) is 11.5. The third-order valence-electron chi connectivity index (χ3n) is 2.32. The van der Waals surface area contributed by atoms with E-state index in [1.54, 1.807) is 14.2 Å². The second-order valence-corrected chi connectivity index (χ2v) is 3.65. The van der Waals surface area contributed by atoms with Crippen molar-refractivity contribution in [2.75, 3.05) is 7.11 Å². The lowest BCUT2D eigenvalue weighted by molar-refractivity contribution is 0.414. The summed E-state index contributed by atoms with van der Waals surface area (Å²) < 4.78 is 5.09. The van der Waals surface area contributed by atoms with Gasteiger partial charge in [0.2, 0.25) is 0 Å². The van der Waals surface area contributed by atoms with Crippen LogP contribution in [-0.4, -0.2) is 27.3 Å². The number of rotatable bonds is 5. The van der Waals surface area contributed by atoms with Crippen molar-refractivity contribution in [2.24, 2.45) is 7.05 Å². The second-order valence-electron chi connectivity index (χ2n) is 3.65. The zero-order valence-electron chi connectivity index (χ0n) is 9.92. The molecular weight excluding hydrogens is 218 g/mol. The molecule has 0 unspecified atom stereocenters. The van der Waals surface area contributed by atoms with E-state index in [1.807, 2.05) is 24.3 Å². The summed E-state index contributed by atoms with van der Waals surface area (Å²) >= 11 is 0. The molecule has 6 heteroatoms. The Morgan fingerprint density at radius 1 is 1.24 bits per heavy atom. The molecule has 0 fully saturated rings. The third kappa shape index (κ3) is 3.25. The monoisotopic (exact) mass is 233 g/mol. The fourth-order valence-electron chi connectivity index (χ4n) is 1.46. The fraction of sp³-hybridized carbons (Fsp3) is 0.364. The first-order valence-electron chi connectivity index (χ1n) is 5.34. The molecule has 0 radical (unpaired) electrons. The average molecular weight is 233 g/mol. The Morgan fingerprint density at radius 2 is 2.00 bits per heavy atom. The highest BCUT2D eigenvalue weighted by molar-refractivity contribution is 5.26. The Labute approximate surface area is 99.6 Å². The van der Waals surface area contributed by atoms with Gasteiger partial charge in [-0.25, -0.2) is 0 Å². The van der Waals surface area contributed by atoms with Gasteiger partial charge < -0.3 is 10.1 Å². The molecule has 0 saturated heterocycles. The molecule has 1 aromatic carbocycles. The van der Waals surface area contributed by atoms with Crippen LogP contribution in [-0.2, 0) is 20.1 Å². The molecule has 0 amide bonds. The molecule has 2 aromatic rings. The summed E-state index contributed by atoms with van der Waals surface area (Å²) in [6.45, 7) is 1.38. The van der Waals surface area contributed by atoms with E-state index in [1.165, 1.54) is 10.4 Å². The lowest BCUT2D eigenvalue weighted by Gasteiger charge is -2.03. The van der Waals surface area contributed by atoms with Crippen molar-refractivity contribution in [1.29, 1.82) is 0 Å². The van der Waals surface area contributed by atoms with Gasteiger partial charge in [-0.2, -0.15) is 4.80 Å². The molecule has 0 spiro atoms. The Bertz CT molecular complexity index is 465. The van der Waals surface area contributed by atoms with E-state index in [0.717, 1.165) is 12.3 Å². The largest absolute Gasteiger partial charge is 0.497 e. The highest BCUT2D eigenvalue weighted by Crippen LogP contribution is 2.10. The van der Waals surface area contributed by atoms with Crippen molar-refractivity contribution in [3.63, 3.8) is 0 Å². The zero-order valence-corrected chi connectivity index (χ0v) is 9.92. The van der Waals surface area contributed by atoms with E-state index in [2.05, 4.69) is 20.7 Å². The highest BCUT2D eigenvalue weighted by Gasteiger charge is 1.99. The van der Waals surface area contributed by atoms with Gasteiger partial charge in [-0.3, -0.25) is 0 Å². The van der Waals surface area contributed by atoms with Crippen molar-refractivity contribution in [3.05, 3.63) is 35.7 Å². The van der Waals surface area contributed by atoms with E-state index in [9.17, 15) is 0 Å². The summed E-state index contributed by atoms with van der Waals surface area (Å²) in [5.74, 6) is 1.56. The minimum absolute atomic E-state index is 0.611. The first-order chi connectivity index (χ1) is 8.28. The number of tetrazole rings is 1. The maximum atomic E-state index is 5.09. The Kier molecular flexibility index (Phi) is 3.66. The van der Waals surface area contributed by atoms with Crippen LogP contribution in [0.2, 0.25) is 0 Å². The zero-order chi connectivity index (χ0) is 12.1. The number of aryl methyl sites for hydroxylation is 1. The number of benzene rings is 1. The third-order valence-corrected chi connectivity index (χ3v) is 2.32. The highest BCUT2D eigenvalue weighted by atomic mass is 16.5. The lowest BCUT2D eigenvalue weighted by atomic mass is 10.2. The van der Waals surface area contributed by atoms with Crippen LogP contribution in [0.4, 0.5) is 0 Å². The Hall–Kier alpha value is -1.95. The Morgan fingerprint density at radius 3 is 2.59 bits per heavy atom. The summed E-state index contributed by atoms with van der Waals surface area (Å²) in [5, 5.41) is 15.0. The van der Waals surface area contributed by atoms with Crippen molar-refractivity contribution in [3.8, 4) is 5.75 Å². The molecule has 0 saturated carbocycles. The number of hydrogen-bond donors (Lipinski definition) is 1. The molecule has 0 aliphatic carbocycles. The van der Waals surface area contributed by atoms with Gasteiger partial charge in [-0.05, 0) is 22.9 Å². The SMILES string of the molecule is COc1ccc(CNCc2nnn(C)n2)cc1. The smallest absolute Gasteiger partial charge is 0.188 e. The van der Waals surface area contributed by atoms with E-state index < -0.39 is 0 Å². The lowest BCUT2D eigenvalue weighted by Crippen LogP contribution is -2.13. The van der Waals surface area contributed by atoms with Gasteiger partial charge in [0.05, 0.1) is 20.7 Å². The van der Waals surface area contributed by atoms with Crippen LogP contribution in [0.3, 0.4) is 0 Å². The Balaban J connectivity index is 1.81. The van der Waals surface area contributed by atoms with E-state index in [-0.39, 0.29) is 0 Å². The number of nitrogens with zero attached hydrogens (tertiary/aromatic N) is 4. The van der Waals surface area contributed by atoms with Crippen LogP contribution in [0.5, 0.6) is 5.75 Å². The van der Waals surface area contributed by atoms with Crippen molar-refractivity contribution in [1.82, 2.24) is 25.5 Å². The summed E-state index contributed by atoms with van der Waals surface area (Å²) in [5.41, 5.74) is 1.19. The van der Waals surface area contributed by atoms with Crippen molar-refractivity contribution < 1.29 is 4.74 Å². The van der Waals surface area contributed by atoms with Crippen LogP contribution in [0.1, 0.15) is 11.4 Å². The van der Waals surface area contributed by atoms with Crippen molar-refractivity contribution >= 4 is 0 Å². The molecule has 1 N–H and O–H groups in total. The van der Waals surface area contributed by atoms with Crippen LogP contribution < -0.4 is 10.1 Å². The van der Waals surface area contributed by atoms with Gasteiger partial charge in [0.1, 0.15) is 5.75 Å². The molecule has 2 rings (SSSR count). The van der Waals surface area contributed by atoms with Gasteiger partial charge in [0.25, 0.3) is 0 Å². The van der Waals surface area contributed by atoms with Crippen molar-refractivity contribution in [2.45, 2.75) is 13.1 Å². The molecule has 1 heterocycles. The standard InChI is InChI=1S/C11H15N5O/c1-16-14-11(13-15-16)8-12-7-9-3-5-10(17-2)6-4-9/h3-6,12H,7-8H2,1-2H3. The minimum Gasteiger partial charge on any atom is -0.497 e. The molecule has 1 aromatic heterocycles. The van der Waals surface area contributed by atoms with E-state index in [4.69, 9.17) is 4.74 Å². The molecule has 0 atom stereocenters. The maximum Gasteiger partial charge on any atom is 0.188 e. The topological polar surface area (TPSA) is 64.9 Å². The molecule has 17 heavy (non-hydrogen) atoms. The molecule has 0 bridgehead atoms. The molecular formula is C11H15N5O. The maximum absolute atomic E-state index is 5.09. The van der Waals surface area contributed by atoms with Gasteiger partial charge in [0, 0.05) is 6.54 Å². The second kappa shape index (κ2) is 5.40. The summed E-state index contributed by atoms with van der Waals surface area (Å²) in [6, 6.07) is 7.93. The molecule has 0 aliphatic heterocycles. The molecule has 0 aliphatic rings. The van der Waals surface area contributed by atoms with Gasteiger partial charge in [-0.15, -0.1) is 10.2 Å². The van der Waals surface area contributed by atoms with Gasteiger partial charge >= 0.3 is 0 Å². The normalized spacial score (nSPS) is 10.5. The van der Waals surface area contributed by atoms with Crippen LogP contribution in [0.25, 0.3) is 0 Å². The number of aromatic nitrogens is 4. The van der Waals surface area contributed by atoms with Crippen LogP contribution in [0.15, 0.2) is 24.3 Å². The number of methoxy groups -OCH3 is 1. The quantitative estimate of drug-likeness (QED) is 0.815. The summed E-state index contributed by atoms with van der Waals surface area (Å²) in [7, 11) is 3.41. The first-order valence-corrected chi connectivity index (χ1v) is 5.34. The van der Waals surface area contributed by atoms with E-state index in [0.29, 0.717) is 12.4 Å². The van der Waals surface area contributed by atoms with E-state index >= 15 is 0 Å².